The van der Waals surface area contributed by atoms with Crippen molar-refractivity contribution in [1.82, 2.24) is 9.62 Å². The zero-order valence-corrected chi connectivity index (χ0v) is 19.6. The Morgan fingerprint density at radius 1 is 1.06 bits per heavy atom. The first kappa shape index (κ1) is 23.5. The van der Waals surface area contributed by atoms with E-state index in [0.29, 0.717) is 18.9 Å². The van der Waals surface area contributed by atoms with E-state index in [4.69, 9.17) is 0 Å². The number of nitrogens with zero attached hydrogens (tertiary/aromatic N) is 1. The van der Waals surface area contributed by atoms with Gasteiger partial charge in [0.1, 0.15) is 0 Å². The Hall–Kier alpha value is -2.62. The number of hydrogen-bond acceptors (Lipinski definition) is 4. The van der Waals surface area contributed by atoms with Crippen molar-refractivity contribution in [3.05, 3.63) is 87.6 Å². The molecule has 1 amide bonds. The monoisotopic (exact) mass is 490 g/mol. The maximum absolute atomic E-state index is 13.5. The van der Waals surface area contributed by atoms with Crippen molar-refractivity contribution in [2.24, 2.45) is 5.92 Å². The van der Waals surface area contributed by atoms with Crippen molar-refractivity contribution in [3.63, 3.8) is 0 Å². The first-order chi connectivity index (χ1) is 15.8. The summed E-state index contributed by atoms with van der Waals surface area (Å²) >= 11 is 1.56. The Morgan fingerprint density at radius 3 is 2.36 bits per heavy atom. The van der Waals surface area contributed by atoms with Crippen LogP contribution in [0.1, 0.15) is 34.9 Å². The summed E-state index contributed by atoms with van der Waals surface area (Å²) in [4.78, 5) is 13.8. The Balaban J connectivity index is 1.44. The van der Waals surface area contributed by atoms with Crippen LogP contribution in [-0.2, 0) is 14.8 Å². The van der Waals surface area contributed by atoms with Gasteiger partial charge in [0.05, 0.1) is 10.9 Å². The lowest BCUT2D eigenvalue weighted by molar-refractivity contribution is -0.126. The number of piperidine rings is 1. The molecule has 1 saturated heterocycles. The number of nitrogens with one attached hydrogen (secondary N) is 1. The zero-order chi connectivity index (χ0) is 23.6. The molecule has 3 aromatic rings. The molecule has 5 nitrogen and oxygen atoms in total. The van der Waals surface area contributed by atoms with Crippen molar-refractivity contribution < 1.29 is 22.0 Å². The fraction of sp³-hybridized carbons (Fsp3) is 0.292. The summed E-state index contributed by atoms with van der Waals surface area (Å²) in [6.45, 7) is 2.27. The molecule has 0 radical (unpaired) electrons. The summed E-state index contributed by atoms with van der Waals surface area (Å²) in [5.41, 5.74) is 2.11. The van der Waals surface area contributed by atoms with Crippen LogP contribution in [0.4, 0.5) is 8.78 Å². The molecule has 1 aromatic heterocycles. The number of benzene rings is 2. The topological polar surface area (TPSA) is 66.5 Å². The predicted octanol–water partition coefficient (Wildman–Crippen LogP) is 4.64. The molecule has 9 heteroatoms. The van der Waals surface area contributed by atoms with E-state index in [1.54, 1.807) is 11.3 Å². The van der Waals surface area contributed by atoms with Gasteiger partial charge in [-0.05, 0) is 55.0 Å². The van der Waals surface area contributed by atoms with Crippen LogP contribution in [0.3, 0.4) is 0 Å². The lowest BCUT2D eigenvalue weighted by atomic mass is 9.95. The van der Waals surface area contributed by atoms with Crippen LogP contribution in [-0.4, -0.2) is 31.7 Å². The molecule has 0 aliphatic carbocycles. The Labute approximate surface area is 196 Å². The van der Waals surface area contributed by atoms with Crippen molar-refractivity contribution in [2.75, 3.05) is 13.1 Å². The second-order valence-corrected chi connectivity index (χ2v) is 11.0. The van der Waals surface area contributed by atoms with Gasteiger partial charge in [0.2, 0.25) is 15.9 Å². The van der Waals surface area contributed by atoms with Crippen LogP contribution in [0, 0.1) is 24.5 Å². The third-order valence-electron chi connectivity index (χ3n) is 5.88. The first-order valence-corrected chi connectivity index (χ1v) is 12.9. The normalized spacial score (nSPS) is 16.5. The van der Waals surface area contributed by atoms with Gasteiger partial charge in [0, 0.05) is 23.9 Å². The molecule has 33 heavy (non-hydrogen) atoms. The highest BCUT2D eigenvalue weighted by Crippen LogP contribution is 2.29. The molecule has 2 aromatic carbocycles. The second-order valence-electron chi connectivity index (χ2n) is 8.12. The minimum absolute atomic E-state index is 0.126. The SMILES string of the molecule is Cc1ccc([C@H](NC(=O)C2CCN(S(=O)(=O)c3ccc(F)c(F)c3)CC2)c2cccs2)cc1. The zero-order valence-electron chi connectivity index (χ0n) is 18.0. The molecule has 1 aliphatic heterocycles. The fourth-order valence-electron chi connectivity index (χ4n) is 3.94. The van der Waals surface area contributed by atoms with E-state index < -0.39 is 21.7 Å². The van der Waals surface area contributed by atoms with Gasteiger partial charge < -0.3 is 5.32 Å². The summed E-state index contributed by atoms with van der Waals surface area (Å²) in [6.07, 6.45) is 0.694. The van der Waals surface area contributed by atoms with Gasteiger partial charge in [-0.3, -0.25) is 4.79 Å². The Morgan fingerprint density at radius 2 is 1.76 bits per heavy atom. The van der Waals surface area contributed by atoms with Crippen LogP contribution in [0.5, 0.6) is 0 Å². The van der Waals surface area contributed by atoms with Gasteiger partial charge in [-0.15, -0.1) is 11.3 Å². The molecule has 2 heterocycles. The number of sulfonamides is 1. The number of amides is 1. The molecule has 0 saturated carbocycles. The maximum Gasteiger partial charge on any atom is 0.243 e. The Kier molecular flexibility index (Phi) is 6.92. The average molecular weight is 491 g/mol. The van der Waals surface area contributed by atoms with E-state index in [2.05, 4.69) is 5.32 Å². The lowest BCUT2D eigenvalue weighted by Gasteiger charge is -2.31. The van der Waals surface area contributed by atoms with E-state index in [9.17, 15) is 22.0 Å². The standard InChI is InChI=1S/C24H24F2N2O3S2/c1-16-4-6-17(7-5-16)23(22-3-2-14-32-22)27-24(29)18-10-12-28(13-11-18)33(30,31)19-8-9-20(25)21(26)15-19/h2-9,14-15,18,23H,10-13H2,1H3,(H,27,29)/t23-/m0/s1. The minimum Gasteiger partial charge on any atom is -0.344 e. The third-order valence-corrected chi connectivity index (χ3v) is 8.71. The van der Waals surface area contributed by atoms with Gasteiger partial charge in [0.25, 0.3) is 0 Å². The van der Waals surface area contributed by atoms with E-state index in [-0.39, 0.29) is 35.9 Å². The minimum atomic E-state index is -3.96. The van der Waals surface area contributed by atoms with Gasteiger partial charge in [-0.2, -0.15) is 4.31 Å². The van der Waals surface area contributed by atoms with Gasteiger partial charge in [-0.1, -0.05) is 35.9 Å². The van der Waals surface area contributed by atoms with Gasteiger partial charge in [0.15, 0.2) is 11.6 Å². The number of carbonyl (C=O) groups excluding carboxylic acids is 1. The molecule has 1 atom stereocenters. The van der Waals surface area contributed by atoms with E-state index in [1.165, 1.54) is 4.31 Å². The van der Waals surface area contributed by atoms with Gasteiger partial charge in [-0.25, -0.2) is 17.2 Å². The summed E-state index contributed by atoms with van der Waals surface area (Å²) in [5, 5.41) is 5.10. The maximum atomic E-state index is 13.5. The molecular weight excluding hydrogens is 466 g/mol. The van der Waals surface area contributed by atoms with Crippen LogP contribution in [0.15, 0.2) is 64.9 Å². The smallest absolute Gasteiger partial charge is 0.243 e. The number of rotatable bonds is 6. The number of hydrogen-bond donors (Lipinski definition) is 1. The third kappa shape index (κ3) is 5.15. The first-order valence-electron chi connectivity index (χ1n) is 10.6. The van der Waals surface area contributed by atoms with Crippen LogP contribution in [0.25, 0.3) is 0 Å². The van der Waals surface area contributed by atoms with E-state index in [1.807, 2.05) is 48.7 Å². The molecule has 1 N–H and O–H groups in total. The molecule has 1 fully saturated rings. The van der Waals surface area contributed by atoms with Gasteiger partial charge >= 0.3 is 0 Å². The predicted molar refractivity (Wildman–Crippen MR) is 123 cm³/mol. The summed E-state index contributed by atoms with van der Waals surface area (Å²) in [7, 11) is -3.96. The summed E-state index contributed by atoms with van der Waals surface area (Å²) < 4.78 is 53.6. The van der Waals surface area contributed by atoms with Crippen molar-refractivity contribution in [3.8, 4) is 0 Å². The highest BCUT2D eigenvalue weighted by molar-refractivity contribution is 7.89. The van der Waals surface area contributed by atoms with Crippen LogP contribution < -0.4 is 5.32 Å². The molecular formula is C24H24F2N2O3S2. The quantitative estimate of drug-likeness (QED) is 0.547. The fourth-order valence-corrected chi connectivity index (χ4v) is 6.22. The Bertz CT molecular complexity index is 1220. The summed E-state index contributed by atoms with van der Waals surface area (Å²) in [5.74, 6) is -2.77. The number of halogens is 2. The van der Waals surface area contributed by atoms with E-state index >= 15 is 0 Å². The second kappa shape index (κ2) is 9.70. The highest BCUT2D eigenvalue weighted by atomic mass is 32.2. The number of thiophene rings is 1. The highest BCUT2D eigenvalue weighted by Gasteiger charge is 2.33. The number of carbonyl (C=O) groups is 1. The van der Waals surface area contributed by atoms with Crippen LogP contribution >= 0.6 is 11.3 Å². The molecule has 0 spiro atoms. The van der Waals surface area contributed by atoms with Crippen molar-refractivity contribution >= 4 is 27.3 Å². The lowest BCUT2D eigenvalue weighted by Crippen LogP contribution is -2.43. The van der Waals surface area contributed by atoms with Crippen molar-refractivity contribution in [2.45, 2.75) is 30.7 Å². The van der Waals surface area contributed by atoms with Crippen LogP contribution in [0.2, 0.25) is 0 Å². The molecule has 4 rings (SSSR count). The summed E-state index contributed by atoms with van der Waals surface area (Å²) in [6, 6.07) is 14.2. The molecule has 1 aliphatic rings. The van der Waals surface area contributed by atoms with E-state index in [0.717, 1.165) is 28.1 Å². The average Bonchev–Trinajstić information content (AvgIpc) is 3.34. The number of aryl methyl sites for hydroxylation is 1. The van der Waals surface area contributed by atoms with Crippen molar-refractivity contribution in [1.29, 1.82) is 0 Å². The largest absolute Gasteiger partial charge is 0.344 e. The molecule has 0 bridgehead atoms. The molecule has 0 unspecified atom stereocenters. The molecule has 174 valence electrons.